The van der Waals surface area contributed by atoms with Gasteiger partial charge < -0.3 is 15.1 Å². The van der Waals surface area contributed by atoms with Crippen LogP contribution in [0, 0.1) is 0 Å². The molecule has 20 heavy (non-hydrogen) atoms. The van der Waals surface area contributed by atoms with E-state index in [1.54, 1.807) is 12.3 Å². The van der Waals surface area contributed by atoms with Gasteiger partial charge in [0.15, 0.2) is 0 Å². The van der Waals surface area contributed by atoms with Gasteiger partial charge in [0, 0.05) is 38.8 Å². The Morgan fingerprint density at radius 3 is 2.70 bits per heavy atom. The van der Waals surface area contributed by atoms with Crippen molar-refractivity contribution >= 4 is 5.69 Å². The SMILES string of the molecule is C=C(CNC)Cn1ncc(N2CCN(C)CC2)cc1=O. The summed E-state index contributed by atoms with van der Waals surface area (Å²) in [5, 5.41) is 7.27. The minimum absolute atomic E-state index is 0.0707. The molecule has 0 amide bonds. The van der Waals surface area contributed by atoms with Crippen LogP contribution < -0.4 is 15.8 Å². The molecule has 0 bridgehead atoms. The Labute approximate surface area is 119 Å². The summed E-state index contributed by atoms with van der Waals surface area (Å²) in [6.45, 7) is 8.98. The molecule has 0 aromatic carbocycles. The Kier molecular flexibility index (Phi) is 4.92. The van der Waals surface area contributed by atoms with E-state index in [2.05, 4.69) is 33.8 Å². The predicted molar refractivity (Wildman–Crippen MR) is 81.3 cm³/mol. The zero-order valence-electron chi connectivity index (χ0n) is 12.3. The van der Waals surface area contributed by atoms with Gasteiger partial charge in [0.1, 0.15) is 0 Å². The van der Waals surface area contributed by atoms with Crippen LogP contribution in [0.15, 0.2) is 29.2 Å². The van der Waals surface area contributed by atoms with E-state index in [0.29, 0.717) is 13.1 Å². The molecule has 1 fully saturated rings. The number of aromatic nitrogens is 2. The minimum atomic E-state index is -0.0707. The van der Waals surface area contributed by atoms with E-state index in [9.17, 15) is 4.79 Å². The van der Waals surface area contributed by atoms with E-state index in [0.717, 1.165) is 37.4 Å². The van der Waals surface area contributed by atoms with Crippen LogP contribution >= 0.6 is 0 Å². The maximum atomic E-state index is 12.1. The van der Waals surface area contributed by atoms with Crippen molar-refractivity contribution in [2.75, 3.05) is 51.7 Å². The average molecular weight is 277 g/mol. The highest BCUT2D eigenvalue weighted by Crippen LogP contribution is 2.12. The Bertz CT molecular complexity index is 517. The van der Waals surface area contributed by atoms with E-state index in [1.165, 1.54) is 4.68 Å². The van der Waals surface area contributed by atoms with Crippen LogP contribution in [0.3, 0.4) is 0 Å². The van der Waals surface area contributed by atoms with Crippen molar-refractivity contribution in [1.29, 1.82) is 0 Å². The number of hydrogen-bond acceptors (Lipinski definition) is 5. The van der Waals surface area contributed by atoms with Crippen molar-refractivity contribution in [3.8, 4) is 0 Å². The second-order valence-electron chi connectivity index (χ2n) is 5.28. The predicted octanol–water partition coefficient (Wildman–Crippen LogP) is -0.229. The number of hydrogen-bond donors (Lipinski definition) is 1. The van der Waals surface area contributed by atoms with Gasteiger partial charge in [-0.25, -0.2) is 4.68 Å². The molecule has 2 heterocycles. The highest BCUT2D eigenvalue weighted by Gasteiger charge is 2.15. The van der Waals surface area contributed by atoms with Gasteiger partial charge in [-0.05, 0) is 19.7 Å². The zero-order chi connectivity index (χ0) is 14.5. The zero-order valence-corrected chi connectivity index (χ0v) is 12.3. The van der Waals surface area contributed by atoms with Gasteiger partial charge in [-0.15, -0.1) is 0 Å². The van der Waals surface area contributed by atoms with E-state index in [1.807, 2.05) is 7.05 Å². The monoisotopic (exact) mass is 277 g/mol. The lowest BCUT2D eigenvalue weighted by Crippen LogP contribution is -2.45. The quantitative estimate of drug-likeness (QED) is 0.754. The molecule has 0 aliphatic carbocycles. The molecule has 1 N–H and O–H groups in total. The van der Waals surface area contributed by atoms with E-state index >= 15 is 0 Å². The third kappa shape index (κ3) is 3.68. The molecule has 0 atom stereocenters. The summed E-state index contributed by atoms with van der Waals surface area (Å²) in [5.41, 5.74) is 1.78. The lowest BCUT2D eigenvalue weighted by Gasteiger charge is -2.33. The second-order valence-corrected chi connectivity index (χ2v) is 5.28. The Balaban J connectivity index is 2.06. The van der Waals surface area contributed by atoms with Crippen molar-refractivity contribution in [2.45, 2.75) is 6.54 Å². The average Bonchev–Trinajstić information content (AvgIpc) is 2.42. The Hall–Kier alpha value is -1.66. The second kappa shape index (κ2) is 6.67. The smallest absolute Gasteiger partial charge is 0.269 e. The molecule has 6 nitrogen and oxygen atoms in total. The molecule has 1 aromatic rings. The molecule has 6 heteroatoms. The third-order valence-corrected chi connectivity index (χ3v) is 3.52. The van der Waals surface area contributed by atoms with Crippen LogP contribution in [0.5, 0.6) is 0 Å². The normalized spacial score (nSPS) is 16.4. The lowest BCUT2D eigenvalue weighted by molar-refractivity contribution is 0.312. The van der Waals surface area contributed by atoms with E-state index in [-0.39, 0.29) is 5.56 Å². The van der Waals surface area contributed by atoms with Crippen molar-refractivity contribution in [3.05, 3.63) is 34.8 Å². The van der Waals surface area contributed by atoms with Crippen LogP contribution in [-0.2, 0) is 6.54 Å². The molecule has 1 saturated heterocycles. The number of anilines is 1. The van der Waals surface area contributed by atoms with Gasteiger partial charge in [-0.3, -0.25) is 4.79 Å². The first kappa shape index (κ1) is 14.7. The number of piperazine rings is 1. The summed E-state index contributed by atoms with van der Waals surface area (Å²) >= 11 is 0. The molecular formula is C14H23N5O. The Morgan fingerprint density at radius 2 is 2.10 bits per heavy atom. The molecule has 1 aromatic heterocycles. The van der Waals surface area contributed by atoms with Crippen LogP contribution in [0.25, 0.3) is 0 Å². The minimum Gasteiger partial charge on any atom is -0.368 e. The van der Waals surface area contributed by atoms with Crippen molar-refractivity contribution in [1.82, 2.24) is 20.0 Å². The highest BCUT2D eigenvalue weighted by molar-refractivity contribution is 5.43. The summed E-state index contributed by atoms with van der Waals surface area (Å²) in [4.78, 5) is 16.6. The molecule has 2 rings (SSSR count). The van der Waals surface area contributed by atoms with Gasteiger partial charge in [0.05, 0.1) is 18.4 Å². The number of rotatable bonds is 5. The van der Waals surface area contributed by atoms with Crippen molar-refractivity contribution in [3.63, 3.8) is 0 Å². The summed E-state index contributed by atoms with van der Waals surface area (Å²) in [5.74, 6) is 0. The van der Waals surface area contributed by atoms with Crippen LogP contribution in [0.4, 0.5) is 5.69 Å². The summed E-state index contributed by atoms with van der Waals surface area (Å²) < 4.78 is 1.46. The maximum absolute atomic E-state index is 12.1. The first-order chi connectivity index (χ1) is 9.60. The molecule has 0 unspecified atom stereocenters. The number of likely N-dealkylation sites (N-methyl/N-ethyl adjacent to an activating group) is 2. The van der Waals surface area contributed by atoms with Crippen LogP contribution in [0.1, 0.15) is 0 Å². The van der Waals surface area contributed by atoms with Gasteiger partial charge >= 0.3 is 0 Å². The number of nitrogens with one attached hydrogen (secondary N) is 1. The standard InChI is InChI=1S/C14H23N5O/c1-12(9-15-2)11-19-14(20)8-13(10-16-19)18-6-4-17(3)5-7-18/h8,10,15H,1,4-7,9,11H2,2-3H3. The topological polar surface area (TPSA) is 53.4 Å². The van der Waals surface area contributed by atoms with E-state index < -0.39 is 0 Å². The summed E-state index contributed by atoms with van der Waals surface area (Å²) in [6.07, 6.45) is 1.78. The number of nitrogens with zero attached hydrogens (tertiary/aromatic N) is 4. The molecule has 0 saturated carbocycles. The first-order valence-corrected chi connectivity index (χ1v) is 6.92. The fraction of sp³-hybridized carbons (Fsp3) is 0.571. The van der Waals surface area contributed by atoms with Gasteiger partial charge in [0.2, 0.25) is 0 Å². The first-order valence-electron chi connectivity index (χ1n) is 6.92. The summed E-state index contributed by atoms with van der Waals surface area (Å²) in [7, 11) is 3.97. The highest BCUT2D eigenvalue weighted by atomic mass is 16.1. The largest absolute Gasteiger partial charge is 0.368 e. The molecule has 110 valence electrons. The summed E-state index contributed by atoms with van der Waals surface area (Å²) in [6, 6.07) is 1.67. The van der Waals surface area contributed by atoms with Crippen LogP contribution in [-0.4, -0.2) is 61.5 Å². The van der Waals surface area contributed by atoms with Crippen LogP contribution in [0.2, 0.25) is 0 Å². The fourth-order valence-corrected chi connectivity index (χ4v) is 2.30. The Morgan fingerprint density at radius 1 is 1.40 bits per heavy atom. The molecular weight excluding hydrogens is 254 g/mol. The van der Waals surface area contributed by atoms with Crippen molar-refractivity contribution < 1.29 is 0 Å². The van der Waals surface area contributed by atoms with Gasteiger partial charge in [-0.1, -0.05) is 6.58 Å². The molecule has 0 spiro atoms. The lowest BCUT2D eigenvalue weighted by atomic mass is 10.3. The van der Waals surface area contributed by atoms with Gasteiger partial charge in [-0.2, -0.15) is 5.10 Å². The molecule has 1 aliphatic rings. The van der Waals surface area contributed by atoms with Crippen molar-refractivity contribution in [2.24, 2.45) is 0 Å². The molecule has 1 aliphatic heterocycles. The molecule has 0 radical (unpaired) electrons. The van der Waals surface area contributed by atoms with E-state index in [4.69, 9.17) is 0 Å². The van der Waals surface area contributed by atoms with Gasteiger partial charge in [0.25, 0.3) is 5.56 Å². The third-order valence-electron chi connectivity index (χ3n) is 3.52. The fourth-order valence-electron chi connectivity index (χ4n) is 2.30. The maximum Gasteiger partial charge on any atom is 0.269 e.